The van der Waals surface area contributed by atoms with Crippen molar-refractivity contribution in [2.75, 3.05) is 7.11 Å². The molecule has 0 atom stereocenters. The average molecular weight is 230 g/mol. The molecule has 0 unspecified atom stereocenters. The minimum Gasteiger partial charge on any atom is -0.477 e. The summed E-state index contributed by atoms with van der Waals surface area (Å²) in [6, 6.07) is 10.7. The van der Waals surface area contributed by atoms with Crippen LogP contribution in [0.3, 0.4) is 0 Å². The zero-order valence-corrected chi connectivity index (χ0v) is 9.12. The number of aromatic carboxylic acids is 1. The van der Waals surface area contributed by atoms with Gasteiger partial charge in [0, 0.05) is 5.56 Å². The topological polar surface area (TPSA) is 72.3 Å². The number of carbonyl (C=O) groups is 1. The Bertz CT molecular complexity index is 541. The molecule has 86 valence electrons. The Morgan fingerprint density at radius 1 is 1.24 bits per heavy atom. The van der Waals surface area contributed by atoms with E-state index in [2.05, 4.69) is 9.97 Å². The third kappa shape index (κ3) is 2.39. The fraction of sp³-hybridized carbons (Fsp3) is 0.0833. The van der Waals surface area contributed by atoms with Crippen LogP contribution in [0.2, 0.25) is 0 Å². The highest BCUT2D eigenvalue weighted by Crippen LogP contribution is 2.19. The van der Waals surface area contributed by atoms with Crippen molar-refractivity contribution < 1.29 is 14.6 Å². The number of methoxy groups -OCH3 is 1. The van der Waals surface area contributed by atoms with E-state index in [4.69, 9.17) is 9.84 Å². The lowest BCUT2D eigenvalue weighted by molar-refractivity contribution is 0.0689. The van der Waals surface area contributed by atoms with Gasteiger partial charge < -0.3 is 9.84 Å². The number of carboxylic acids is 1. The summed E-state index contributed by atoms with van der Waals surface area (Å²) in [4.78, 5) is 18.8. The summed E-state index contributed by atoms with van der Waals surface area (Å²) < 4.78 is 4.88. The van der Waals surface area contributed by atoms with Crippen LogP contribution in [-0.2, 0) is 0 Å². The van der Waals surface area contributed by atoms with Crippen molar-refractivity contribution in [3.05, 3.63) is 42.1 Å². The number of ether oxygens (including phenoxy) is 1. The van der Waals surface area contributed by atoms with E-state index in [1.807, 2.05) is 30.3 Å². The fourth-order valence-corrected chi connectivity index (χ4v) is 1.38. The van der Waals surface area contributed by atoms with Gasteiger partial charge in [-0.15, -0.1) is 0 Å². The third-order valence-corrected chi connectivity index (χ3v) is 2.18. The second-order valence-corrected chi connectivity index (χ2v) is 3.30. The minimum atomic E-state index is -1.11. The normalized spacial score (nSPS) is 9.94. The molecule has 0 amide bonds. The van der Waals surface area contributed by atoms with E-state index in [-0.39, 0.29) is 11.7 Å². The summed E-state index contributed by atoms with van der Waals surface area (Å²) in [6.45, 7) is 0. The Kier molecular flexibility index (Phi) is 3.00. The van der Waals surface area contributed by atoms with Crippen LogP contribution in [0.4, 0.5) is 0 Å². The van der Waals surface area contributed by atoms with Gasteiger partial charge in [-0.1, -0.05) is 30.3 Å². The largest absolute Gasteiger partial charge is 0.477 e. The van der Waals surface area contributed by atoms with Gasteiger partial charge in [-0.25, -0.2) is 4.79 Å². The van der Waals surface area contributed by atoms with E-state index in [9.17, 15) is 4.79 Å². The average Bonchev–Trinajstić information content (AvgIpc) is 2.39. The van der Waals surface area contributed by atoms with Crippen LogP contribution in [0.25, 0.3) is 11.3 Å². The molecular formula is C12H10N2O3. The van der Waals surface area contributed by atoms with Crippen molar-refractivity contribution in [2.45, 2.75) is 0 Å². The number of nitrogens with zero attached hydrogens (tertiary/aromatic N) is 2. The van der Waals surface area contributed by atoms with Gasteiger partial charge in [0.1, 0.15) is 0 Å². The fourth-order valence-electron chi connectivity index (χ4n) is 1.38. The van der Waals surface area contributed by atoms with Crippen LogP contribution in [0.15, 0.2) is 36.4 Å². The van der Waals surface area contributed by atoms with Gasteiger partial charge in [0.15, 0.2) is 5.69 Å². The van der Waals surface area contributed by atoms with Crippen molar-refractivity contribution in [2.24, 2.45) is 0 Å². The Morgan fingerprint density at radius 3 is 2.53 bits per heavy atom. The number of hydrogen-bond acceptors (Lipinski definition) is 4. The van der Waals surface area contributed by atoms with Gasteiger partial charge in [-0.2, -0.15) is 9.97 Å². The molecule has 1 aromatic carbocycles. The van der Waals surface area contributed by atoms with E-state index >= 15 is 0 Å². The van der Waals surface area contributed by atoms with Crippen LogP contribution < -0.4 is 4.74 Å². The lowest BCUT2D eigenvalue weighted by Gasteiger charge is -2.04. The maximum atomic E-state index is 10.9. The van der Waals surface area contributed by atoms with Crippen molar-refractivity contribution in [1.29, 1.82) is 0 Å². The monoisotopic (exact) mass is 230 g/mol. The van der Waals surface area contributed by atoms with Gasteiger partial charge in [0.25, 0.3) is 0 Å². The summed E-state index contributed by atoms with van der Waals surface area (Å²) in [7, 11) is 1.40. The molecule has 0 saturated carbocycles. The Labute approximate surface area is 97.7 Å². The van der Waals surface area contributed by atoms with Crippen molar-refractivity contribution in [3.8, 4) is 17.3 Å². The lowest BCUT2D eigenvalue weighted by Crippen LogP contribution is -2.04. The molecule has 1 aromatic heterocycles. The highest BCUT2D eigenvalue weighted by molar-refractivity contribution is 5.86. The Balaban J connectivity index is 2.54. The molecule has 0 spiro atoms. The summed E-state index contributed by atoms with van der Waals surface area (Å²) in [5, 5.41) is 8.93. The lowest BCUT2D eigenvalue weighted by atomic mass is 10.1. The summed E-state index contributed by atoms with van der Waals surface area (Å²) in [5.41, 5.74) is 1.25. The number of aromatic nitrogens is 2. The molecule has 0 saturated heterocycles. The molecule has 1 heterocycles. The van der Waals surface area contributed by atoms with Crippen LogP contribution in [0, 0.1) is 0 Å². The molecule has 5 heteroatoms. The highest BCUT2D eigenvalue weighted by Gasteiger charge is 2.11. The molecule has 17 heavy (non-hydrogen) atoms. The number of hydrogen-bond donors (Lipinski definition) is 1. The van der Waals surface area contributed by atoms with Crippen LogP contribution >= 0.6 is 0 Å². The van der Waals surface area contributed by atoms with Gasteiger partial charge in [0.05, 0.1) is 12.8 Å². The van der Waals surface area contributed by atoms with Gasteiger partial charge in [0.2, 0.25) is 0 Å². The quantitative estimate of drug-likeness (QED) is 0.871. The standard InChI is InChI=1S/C12H10N2O3/c1-17-12-13-9(7-10(14-12)11(15)16)8-5-3-2-4-6-8/h2-7H,1H3,(H,15,16). The second-order valence-electron chi connectivity index (χ2n) is 3.30. The SMILES string of the molecule is COc1nc(C(=O)O)cc(-c2ccccc2)n1. The van der Waals surface area contributed by atoms with Crippen molar-refractivity contribution >= 4 is 5.97 Å². The molecule has 0 radical (unpaired) electrons. The predicted molar refractivity (Wildman–Crippen MR) is 61.0 cm³/mol. The second kappa shape index (κ2) is 4.61. The molecule has 5 nitrogen and oxygen atoms in total. The first kappa shape index (κ1) is 11.1. The first-order valence-corrected chi connectivity index (χ1v) is 4.92. The molecular weight excluding hydrogens is 220 g/mol. The van der Waals surface area contributed by atoms with Gasteiger partial charge >= 0.3 is 12.0 Å². The summed E-state index contributed by atoms with van der Waals surface area (Å²) in [6.07, 6.45) is 0. The van der Waals surface area contributed by atoms with Crippen molar-refractivity contribution in [3.63, 3.8) is 0 Å². The van der Waals surface area contributed by atoms with E-state index in [0.29, 0.717) is 5.69 Å². The number of carboxylic acid groups (broad SMARTS) is 1. The smallest absolute Gasteiger partial charge is 0.354 e. The molecule has 1 N–H and O–H groups in total. The maximum Gasteiger partial charge on any atom is 0.354 e. The van der Waals surface area contributed by atoms with E-state index in [1.165, 1.54) is 13.2 Å². The first-order valence-electron chi connectivity index (χ1n) is 4.92. The minimum absolute atomic E-state index is 0.0451. The number of benzene rings is 1. The third-order valence-electron chi connectivity index (χ3n) is 2.18. The molecule has 2 aromatic rings. The molecule has 2 rings (SSSR count). The number of rotatable bonds is 3. The Morgan fingerprint density at radius 2 is 1.94 bits per heavy atom. The molecule has 0 fully saturated rings. The van der Waals surface area contributed by atoms with Crippen molar-refractivity contribution in [1.82, 2.24) is 9.97 Å². The molecule has 0 aliphatic rings. The Hall–Kier alpha value is -2.43. The molecule has 0 bridgehead atoms. The van der Waals surface area contributed by atoms with E-state index in [1.54, 1.807) is 0 Å². The van der Waals surface area contributed by atoms with E-state index in [0.717, 1.165) is 5.56 Å². The molecule has 0 aliphatic heterocycles. The van der Waals surface area contributed by atoms with Crippen LogP contribution in [0.1, 0.15) is 10.5 Å². The zero-order valence-electron chi connectivity index (χ0n) is 9.12. The zero-order chi connectivity index (χ0) is 12.3. The summed E-state index contributed by atoms with van der Waals surface area (Å²) >= 11 is 0. The highest BCUT2D eigenvalue weighted by atomic mass is 16.5. The van der Waals surface area contributed by atoms with E-state index < -0.39 is 5.97 Å². The first-order chi connectivity index (χ1) is 8.20. The maximum absolute atomic E-state index is 10.9. The predicted octanol–water partition coefficient (Wildman–Crippen LogP) is 1.85. The van der Waals surface area contributed by atoms with Gasteiger partial charge in [-0.3, -0.25) is 0 Å². The van der Waals surface area contributed by atoms with Gasteiger partial charge in [-0.05, 0) is 6.07 Å². The molecule has 0 aliphatic carbocycles. The van der Waals surface area contributed by atoms with Crippen LogP contribution in [-0.4, -0.2) is 28.2 Å². The van der Waals surface area contributed by atoms with Crippen LogP contribution in [0.5, 0.6) is 6.01 Å². The summed E-state index contributed by atoms with van der Waals surface area (Å²) in [5.74, 6) is -1.11.